The molecule has 2 fully saturated rings. The number of ketones is 1. The number of hydrogen-bond acceptors (Lipinski definition) is 6. The minimum Gasteiger partial charge on any atom is -0.453 e. The van der Waals surface area contributed by atoms with Gasteiger partial charge in [0.25, 0.3) is 5.91 Å². The zero-order valence-electron chi connectivity index (χ0n) is 22.9. The largest absolute Gasteiger partial charge is 0.453 e. The highest BCUT2D eigenvalue weighted by Gasteiger charge is 2.61. The highest BCUT2D eigenvalue weighted by atomic mass is 19.3. The van der Waals surface area contributed by atoms with Gasteiger partial charge in [0.2, 0.25) is 23.5 Å². The molecule has 12 heteroatoms. The van der Waals surface area contributed by atoms with Crippen LogP contribution in [0, 0.1) is 22.7 Å². The van der Waals surface area contributed by atoms with Crippen molar-refractivity contribution < 1.29 is 37.5 Å². The van der Waals surface area contributed by atoms with Crippen molar-refractivity contribution in [1.29, 1.82) is 0 Å². The Balaban J connectivity index is 2.38. The number of carbonyl (C=O) groups excluding carboxylic acids is 5. The first-order valence-corrected chi connectivity index (χ1v) is 12.4. The normalized spacial score (nSPS) is 24.2. The van der Waals surface area contributed by atoms with E-state index in [1.807, 2.05) is 13.8 Å². The third-order valence-corrected chi connectivity index (χ3v) is 7.49. The lowest BCUT2D eigenvalue weighted by Gasteiger charge is -2.48. The number of likely N-dealkylation sites (N-methyl/N-ethyl adjacent to an activating group) is 1. The Morgan fingerprint density at radius 2 is 1.68 bits per heavy atom. The second kappa shape index (κ2) is 10.9. The summed E-state index contributed by atoms with van der Waals surface area (Å²) in [5.74, 6) is -6.58. The number of alkyl carbamates (subject to hydrolysis) is 1. The third kappa shape index (κ3) is 6.95. The molecule has 4 amide bonds. The van der Waals surface area contributed by atoms with E-state index in [1.54, 1.807) is 20.8 Å². The van der Waals surface area contributed by atoms with Crippen molar-refractivity contribution in [1.82, 2.24) is 20.9 Å². The van der Waals surface area contributed by atoms with Gasteiger partial charge in [-0.2, -0.15) is 0 Å². The van der Waals surface area contributed by atoms with Crippen LogP contribution in [0.4, 0.5) is 13.6 Å². The fourth-order valence-corrected chi connectivity index (χ4v) is 5.35. The number of amides is 4. The number of nitrogens with one attached hydrogen (secondary N) is 3. The van der Waals surface area contributed by atoms with Crippen LogP contribution >= 0.6 is 0 Å². The predicted molar refractivity (Wildman–Crippen MR) is 131 cm³/mol. The molecule has 0 aromatic rings. The third-order valence-electron chi connectivity index (χ3n) is 7.49. The lowest BCUT2D eigenvalue weighted by molar-refractivity contribution is -0.145. The minimum atomic E-state index is -3.11. The van der Waals surface area contributed by atoms with Crippen molar-refractivity contribution in [3.8, 4) is 0 Å². The van der Waals surface area contributed by atoms with E-state index in [4.69, 9.17) is 0 Å². The molecule has 0 spiro atoms. The number of likely N-dealkylation sites (tertiary alicyclic amines) is 1. The lowest BCUT2D eigenvalue weighted by Crippen LogP contribution is -2.60. The Morgan fingerprint density at radius 3 is 2.14 bits per heavy atom. The topological polar surface area (TPSA) is 134 Å². The SMILES string of the molecule is CNC(=O)C(=O)[C@H](CCC(C)(F)F)NC(=O)C1C2CC(C)(C)C2CN1C(=O)[C@@H](NC(=O)OC)C(C)(C)C. The number of hydrogen-bond donors (Lipinski definition) is 3. The zero-order chi connectivity index (χ0) is 28.5. The van der Waals surface area contributed by atoms with Crippen molar-refractivity contribution in [3.05, 3.63) is 0 Å². The molecule has 2 rings (SSSR count). The monoisotopic (exact) mass is 530 g/mol. The van der Waals surface area contributed by atoms with Gasteiger partial charge in [-0.3, -0.25) is 19.2 Å². The fraction of sp³-hybridized carbons (Fsp3) is 0.800. The fourth-order valence-electron chi connectivity index (χ4n) is 5.35. The van der Waals surface area contributed by atoms with Gasteiger partial charge < -0.3 is 25.6 Å². The van der Waals surface area contributed by atoms with Crippen LogP contribution in [-0.2, 0) is 23.9 Å². The summed E-state index contributed by atoms with van der Waals surface area (Å²) in [6.45, 7) is 10.3. The number of carbonyl (C=O) groups is 5. The summed E-state index contributed by atoms with van der Waals surface area (Å²) in [5, 5.41) is 7.20. The molecule has 210 valence electrons. The summed E-state index contributed by atoms with van der Waals surface area (Å²) in [7, 11) is 2.41. The number of methoxy groups -OCH3 is 1. The van der Waals surface area contributed by atoms with Crippen LogP contribution in [0.15, 0.2) is 0 Å². The molecule has 1 aliphatic heterocycles. The first-order chi connectivity index (χ1) is 16.8. The Morgan fingerprint density at radius 1 is 1.08 bits per heavy atom. The van der Waals surface area contributed by atoms with Crippen LogP contribution in [0.1, 0.15) is 60.8 Å². The van der Waals surface area contributed by atoms with Crippen molar-refractivity contribution >= 4 is 29.6 Å². The molecule has 1 aliphatic carbocycles. The van der Waals surface area contributed by atoms with Crippen molar-refractivity contribution in [2.75, 3.05) is 20.7 Å². The Hall–Kier alpha value is -2.79. The molecule has 2 aliphatic rings. The van der Waals surface area contributed by atoms with E-state index < -0.39 is 71.9 Å². The molecule has 1 saturated carbocycles. The Kier molecular flexibility index (Phi) is 8.97. The average molecular weight is 531 g/mol. The van der Waals surface area contributed by atoms with Crippen LogP contribution in [0.2, 0.25) is 0 Å². The van der Waals surface area contributed by atoms with Crippen LogP contribution in [-0.4, -0.2) is 79.2 Å². The second-order valence-corrected chi connectivity index (χ2v) is 11.9. The maximum Gasteiger partial charge on any atom is 0.407 e. The molecule has 1 heterocycles. The number of ether oxygens (including phenoxy) is 1. The summed E-state index contributed by atoms with van der Waals surface area (Å²) in [5.41, 5.74) is -0.874. The Bertz CT molecular complexity index is 927. The molecule has 0 aromatic heterocycles. The predicted octanol–water partition coefficient (Wildman–Crippen LogP) is 1.87. The molecule has 0 radical (unpaired) electrons. The summed E-state index contributed by atoms with van der Waals surface area (Å²) < 4.78 is 31.8. The van der Waals surface area contributed by atoms with Gasteiger partial charge in [-0.1, -0.05) is 34.6 Å². The van der Waals surface area contributed by atoms with E-state index in [1.165, 1.54) is 19.1 Å². The standard InChI is InChI=1S/C25H40F2N4O6/c1-23(2,3)18(30-22(36)37-8)21(35)31-12-14-13(11-24(14,4)5)16(31)19(33)29-15(9-10-25(6,26)27)17(32)20(34)28-7/h13-16,18H,9-12H2,1-8H3,(H,28,34)(H,29,33)(H,30,36)/t13?,14?,15-,16?,18+/m0/s1. The molecule has 0 aromatic carbocycles. The van der Waals surface area contributed by atoms with E-state index in [0.29, 0.717) is 13.3 Å². The molecule has 3 N–H and O–H groups in total. The first-order valence-electron chi connectivity index (χ1n) is 12.4. The van der Waals surface area contributed by atoms with E-state index in [0.717, 1.165) is 0 Å². The van der Waals surface area contributed by atoms with Crippen LogP contribution in [0.3, 0.4) is 0 Å². The zero-order valence-corrected chi connectivity index (χ0v) is 22.9. The molecule has 1 saturated heterocycles. The molecule has 37 heavy (non-hydrogen) atoms. The molecular formula is C25H40F2N4O6. The maximum absolute atomic E-state index is 13.8. The van der Waals surface area contributed by atoms with Gasteiger partial charge >= 0.3 is 6.09 Å². The summed E-state index contributed by atoms with van der Waals surface area (Å²) in [4.78, 5) is 65.3. The van der Waals surface area contributed by atoms with E-state index >= 15 is 0 Å². The van der Waals surface area contributed by atoms with E-state index in [9.17, 15) is 32.8 Å². The Labute approximate surface area is 216 Å². The highest BCUT2D eigenvalue weighted by molar-refractivity contribution is 6.38. The smallest absolute Gasteiger partial charge is 0.407 e. The second-order valence-electron chi connectivity index (χ2n) is 11.9. The van der Waals surface area contributed by atoms with Gasteiger partial charge in [-0.05, 0) is 42.4 Å². The number of Topliss-reactive ketones (excluding diaryl/α,β-unsaturated/α-hetero) is 1. The number of alkyl halides is 2. The van der Waals surface area contributed by atoms with Gasteiger partial charge in [-0.25, -0.2) is 13.6 Å². The molecule has 3 unspecified atom stereocenters. The number of rotatable bonds is 9. The molecule has 0 bridgehead atoms. The van der Waals surface area contributed by atoms with Crippen LogP contribution < -0.4 is 16.0 Å². The first kappa shape index (κ1) is 30.4. The number of halogens is 2. The van der Waals surface area contributed by atoms with Gasteiger partial charge in [0.15, 0.2) is 0 Å². The van der Waals surface area contributed by atoms with E-state index in [-0.39, 0.29) is 23.8 Å². The maximum atomic E-state index is 13.8. The molecule has 10 nitrogen and oxygen atoms in total. The van der Waals surface area contributed by atoms with Crippen molar-refractivity contribution in [3.63, 3.8) is 0 Å². The number of fused-ring (bicyclic) bond motifs is 1. The minimum absolute atomic E-state index is 0.0148. The summed E-state index contributed by atoms with van der Waals surface area (Å²) in [6.07, 6.45) is -1.34. The van der Waals surface area contributed by atoms with Gasteiger partial charge in [-0.15, -0.1) is 0 Å². The van der Waals surface area contributed by atoms with Gasteiger partial charge in [0.05, 0.1) is 13.2 Å². The highest BCUT2D eigenvalue weighted by Crippen LogP contribution is 2.57. The van der Waals surface area contributed by atoms with Gasteiger partial charge in [0.1, 0.15) is 12.1 Å². The van der Waals surface area contributed by atoms with Gasteiger partial charge in [0, 0.05) is 20.0 Å². The van der Waals surface area contributed by atoms with Crippen LogP contribution in [0.5, 0.6) is 0 Å². The quantitative estimate of drug-likeness (QED) is 0.390. The number of nitrogens with zero attached hydrogens (tertiary/aromatic N) is 1. The van der Waals surface area contributed by atoms with Crippen molar-refractivity contribution in [2.45, 2.75) is 84.9 Å². The summed E-state index contributed by atoms with van der Waals surface area (Å²) >= 11 is 0. The summed E-state index contributed by atoms with van der Waals surface area (Å²) in [6, 6.07) is -3.48. The van der Waals surface area contributed by atoms with Crippen molar-refractivity contribution in [2.24, 2.45) is 22.7 Å². The molecular weight excluding hydrogens is 490 g/mol. The van der Waals surface area contributed by atoms with E-state index in [2.05, 4.69) is 20.7 Å². The van der Waals surface area contributed by atoms with Crippen LogP contribution in [0.25, 0.3) is 0 Å². The lowest BCUT2D eigenvalue weighted by atomic mass is 9.55. The molecule has 5 atom stereocenters. The average Bonchev–Trinajstić information content (AvgIpc) is 3.12.